The van der Waals surface area contributed by atoms with E-state index in [-0.39, 0.29) is 5.54 Å². The summed E-state index contributed by atoms with van der Waals surface area (Å²) in [5.74, 6) is 0. The van der Waals surface area contributed by atoms with Crippen LogP contribution in [0.25, 0.3) is 0 Å². The molecule has 2 atom stereocenters. The fourth-order valence-corrected chi connectivity index (χ4v) is 4.56. The zero-order valence-corrected chi connectivity index (χ0v) is 14.3. The summed E-state index contributed by atoms with van der Waals surface area (Å²) >= 11 is 5.33. The quantitative estimate of drug-likeness (QED) is 0.883. The number of hydrogen-bond acceptors (Lipinski definition) is 4. The maximum Gasteiger partial charge on any atom is 0.110 e. The normalized spacial score (nSPS) is 26.4. The van der Waals surface area contributed by atoms with Crippen LogP contribution in [0.15, 0.2) is 27.8 Å². The Morgan fingerprint density at radius 1 is 1.60 bits per heavy atom. The summed E-state index contributed by atoms with van der Waals surface area (Å²) in [4.78, 5) is 4.42. The van der Waals surface area contributed by atoms with Crippen molar-refractivity contribution in [2.24, 2.45) is 0 Å². The molecule has 3 nitrogen and oxygen atoms in total. The summed E-state index contributed by atoms with van der Waals surface area (Å²) in [5, 5.41) is 14.5. The largest absolute Gasteiger partial charge is 0.297 e. The summed E-state index contributed by atoms with van der Waals surface area (Å²) in [6.07, 6.45) is 5.89. The monoisotopic (exact) mass is 353 g/mol. The van der Waals surface area contributed by atoms with Gasteiger partial charge < -0.3 is 0 Å². The fraction of sp³-hybridized carbons (Fsp3) is 0.600. The molecule has 0 spiro atoms. The number of nitrogens with zero attached hydrogens (tertiary/aromatic N) is 2. The lowest BCUT2D eigenvalue weighted by Gasteiger charge is -2.37. The molecule has 0 bridgehead atoms. The molecule has 1 heterocycles. The number of nitriles is 1. The minimum absolute atomic E-state index is 0.333. The highest BCUT2D eigenvalue weighted by molar-refractivity contribution is 9.10. The van der Waals surface area contributed by atoms with Crippen molar-refractivity contribution in [3.63, 3.8) is 0 Å². The molecule has 0 aromatic carbocycles. The van der Waals surface area contributed by atoms with Crippen LogP contribution in [0.1, 0.15) is 39.5 Å². The van der Waals surface area contributed by atoms with Gasteiger partial charge in [0.2, 0.25) is 0 Å². The molecular formula is C15H20BrN3S. The van der Waals surface area contributed by atoms with Crippen molar-refractivity contribution >= 4 is 27.7 Å². The molecule has 0 radical (unpaired) electrons. The van der Waals surface area contributed by atoms with E-state index in [1.54, 1.807) is 11.8 Å². The molecule has 1 fully saturated rings. The second kappa shape index (κ2) is 6.93. The molecule has 108 valence electrons. The lowest BCUT2D eigenvalue weighted by molar-refractivity contribution is 0.284. The van der Waals surface area contributed by atoms with E-state index in [0.29, 0.717) is 11.3 Å². The summed E-state index contributed by atoms with van der Waals surface area (Å²) in [5.41, 5.74) is -0.370. The van der Waals surface area contributed by atoms with Gasteiger partial charge >= 0.3 is 0 Å². The SMILES string of the molecule is CC(C)NC1(C#N)CCCC(Sc2ncccc2Br)C1. The van der Waals surface area contributed by atoms with Gasteiger partial charge in [0.1, 0.15) is 10.6 Å². The number of rotatable bonds is 4. The van der Waals surface area contributed by atoms with Gasteiger partial charge in [-0.15, -0.1) is 11.8 Å². The zero-order chi connectivity index (χ0) is 14.6. The Morgan fingerprint density at radius 3 is 3.05 bits per heavy atom. The van der Waals surface area contributed by atoms with E-state index in [1.807, 2.05) is 18.3 Å². The summed E-state index contributed by atoms with van der Waals surface area (Å²) in [6.45, 7) is 4.20. The smallest absolute Gasteiger partial charge is 0.110 e. The van der Waals surface area contributed by atoms with Gasteiger partial charge in [0.05, 0.1) is 6.07 Å². The zero-order valence-electron chi connectivity index (χ0n) is 11.9. The van der Waals surface area contributed by atoms with Crippen LogP contribution < -0.4 is 5.32 Å². The van der Waals surface area contributed by atoms with Gasteiger partial charge in [-0.3, -0.25) is 5.32 Å². The van der Waals surface area contributed by atoms with E-state index in [4.69, 9.17) is 0 Å². The standard InChI is InChI=1S/C15H20BrN3S/c1-11(2)19-15(10-17)7-3-5-12(9-15)20-14-13(16)6-4-8-18-14/h4,6,8,11-12,19H,3,5,7,9H2,1-2H3. The minimum Gasteiger partial charge on any atom is -0.297 e. The first-order chi connectivity index (χ1) is 9.54. The van der Waals surface area contributed by atoms with Crippen molar-refractivity contribution < 1.29 is 0 Å². The predicted molar refractivity (Wildman–Crippen MR) is 86.7 cm³/mol. The van der Waals surface area contributed by atoms with Crippen molar-refractivity contribution in [1.29, 1.82) is 5.26 Å². The van der Waals surface area contributed by atoms with Gasteiger partial charge in [-0.2, -0.15) is 5.26 Å². The van der Waals surface area contributed by atoms with Gasteiger partial charge in [0, 0.05) is 22.0 Å². The number of pyridine rings is 1. The minimum atomic E-state index is -0.370. The molecule has 0 amide bonds. The van der Waals surface area contributed by atoms with Gasteiger partial charge in [-0.1, -0.05) is 0 Å². The lowest BCUT2D eigenvalue weighted by atomic mass is 9.82. The average molecular weight is 354 g/mol. The van der Waals surface area contributed by atoms with Crippen LogP contribution in [0.5, 0.6) is 0 Å². The van der Waals surface area contributed by atoms with E-state index in [0.717, 1.165) is 35.2 Å². The van der Waals surface area contributed by atoms with Crippen LogP contribution in [-0.4, -0.2) is 21.8 Å². The van der Waals surface area contributed by atoms with Crippen LogP contribution in [0.3, 0.4) is 0 Å². The molecule has 1 aliphatic carbocycles. The highest BCUT2D eigenvalue weighted by Crippen LogP contribution is 2.39. The van der Waals surface area contributed by atoms with Gasteiger partial charge in [-0.25, -0.2) is 4.98 Å². The molecule has 5 heteroatoms. The molecule has 2 unspecified atom stereocenters. The molecule has 1 saturated carbocycles. The van der Waals surface area contributed by atoms with Crippen LogP contribution in [-0.2, 0) is 0 Å². The Balaban J connectivity index is 2.07. The van der Waals surface area contributed by atoms with Crippen molar-refractivity contribution in [2.45, 2.75) is 61.4 Å². The van der Waals surface area contributed by atoms with Gasteiger partial charge in [0.25, 0.3) is 0 Å². The van der Waals surface area contributed by atoms with E-state index < -0.39 is 0 Å². The first-order valence-corrected chi connectivity index (χ1v) is 8.68. The molecule has 1 aromatic heterocycles. The summed E-state index contributed by atoms with van der Waals surface area (Å²) in [7, 11) is 0. The number of aromatic nitrogens is 1. The average Bonchev–Trinajstić information content (AvgIpc) is 2.41. The Kier molecular flexibility index (Phi) is 5.48. The van der Waals surface area contributed by atoms with Gasteiger partial charge in [-0.05, 0) is 67.6 Å². The third kappa shape index (κ3) is 3.97. The second-order valence-corrected chi connectivity index (χ2v) is 7.76. The van der Waals surface area contributed by atoms with Crippen molar-refractivity contribution in [2.75, 3.05) is 0 Å². The van der Waals surface area contributed by atoms with E-state index >= 15 is 0 Å². The topological polar surface area (TPSA) is 48.7 Å². The maximum absolute atomic E-state index is 9.58. The molecule has 2 rings (SSSR count). The Bertz CT molecular complexity index is 500. The highest BCUT2D eigenvalue weighted by atomic mass is 79.9. The van der Waals surface area contributed by atoms with Crippen molar-refractivity contribution in [1.82, 2.24) is 10.3 Å². The van der Waals surface area contributed by atoms with E-state index in [9.17, 15) is 5.26 Å². The van der Waals surface area contributed by atoms with Crippen molar-refractivity contribution in [3.05, 3.63) is 22.8 Å². The molecule has 0 aliphatic heterocycles. The first kappa shape index (κ1) is 15.8. The lowest BCUT2D eigenvalue weighted by Crippen LogP contribution is -2.51. The molecule has 1 N–H and O–H groups in total. The Morgan fingerprint density at radius 2 is 2.40 bits per heavy atom. The Labute approximate surface area is 133 Å². The van der Waals surface area contributed by atoms with Gasteiger partial charge in [0.15, 0.2) is 0 Å². The maximum atomic E-state index is 9.58. The van der Waals surface area contributed by atoms with Crippen molar-refractivity contribution in [3.8, 4) is 6.07 Å². The molecule has 0 saturated heterocycles. The Hall–Kier alpha value is -0.570. The summed E-state index contributed by atoms with van der Waals surface area (Å²) < 4.78 is 1.04. The third-order valence-electron chi connectivity index (χ3n) is 3.49. The van der Waals surface area contributed by atoms with Crippen LogP contribution in [0.2, 0.25) is 0 Å². The third-order valence-corrected chi connectivity index (χ3v) is 5.67. The molecule has 1 aromatic rings. The van der Waals surface area contributed by atoms with E-state index in [2.05, 4.69) is 46.1 Å². The number of halogens is 1. The highest BCUT2D eigenvalue weighted by Gasteiger charge is 2.37. The molecule has 20 heavy (non-hydrogen) atoms. The first-order valence-electron chi connectivity index (χ1n) is 7.01. The summed E-state index contributed by atoms with van der Waals surface area (Å²) in [6, 6.07) is 6.80. The fourth-order valence-electron chi connectivity index (χ4n) is 2.76. The van der Waals surface area contributed by atoms with Crippen LogP contribution in [0, 0.1) is 11.3 Å². The predicted octanol–water partition coefficient (Wildman–Crippen LogP) is 4.14. The number of thioether (sulfide) groups is 1. The number of hydrogen-bond donors (Lipinski definition) is 1. The molecular weight excluding hydrogens is 334 g/mol. The van der Waals surface area contributed by atoms with Crippen LogP contribution >= 0.6 is 27.7 Å². The number of nitrogens with one attached hydrogen (secondary N) is 1. The second-order valence-electron chi connectivity index (χ2n) is 5.62. The molecule has 1 aliphatic rings. The van der Waals surface area contributed by atoms with E-state index in [1.165, 1.54) is 0 Å². The van der Waals surface area contributed by atoms with Crippen LogP contribution in [0.4, 0.5) is 0 Å².